The highest BCUT2D eigenvalue weighted by Gasteiger charge is 2.32. The van der Waals surface area contributed by atoms with Gasteiger partial charge < -0.3 is 30.1 Å². The first-order valence-electron chi connectivity index (χ1n) is 15.4. The number of anilines is 1. The van der Waals surface area contributed by atoms with Gasteiger partial charge in [-0.3, -0.25) is 4.79 Å². The smallest absolute Gasteiger partial charge is 0.319 e. The average molecular weight is 667 g/mol. The normalized spacial score (nSPS) is 21.1. The molecule has 3 rings (SSSR count). The van der Waals surface area contributed by atoms with Crippen molar-refractivity contribution in [3.8, 4) is 5.75 Å². The van der Waals surface area contributed by atoms with E-state index in [9.17, 15) is 23.1 Å². The minimum Gasteiger partial charge on any atom is -0.490 e. The lowest BCUT2D eigenvalue weighted by Crippen LogP contribution is -2.48. The zero-order valence-electron chi connectivity index (χ0n) is 27.0. The summed E-state index contributed by atoms with van der Waals surface area (Å²) in [6, 6.07) is 9.88. The van der Waals surface area contributed by atoms with Crippen LogP contribution in [0.4, 0.5) is 10.5 Å². The Balaban J connectivity index is 1.96. The molecule has 13 heteroatoms. The van der Waals surface area contributed by atoms with E-state index in [-0.39, 0.29) is 48.2 Å². The molecule has 2 aromatic rings. The third-order valence-corrected chi connectivity index (χ3v) is 9.78. The maximum Gasteiger partial charge on any atom is 0.319 e. The van der Waals surface area contributed by atoms with Crippen molar-refractivity contribution in [1.82, 2.24) is 14.5 Å². The fourth-order valence-corrected chi connectivity index (χ4v) is 6.34. The summed E-state index contributed by atoms with van der Waals surface area (Å²) in [5.41, 5.74) is 0.658. The third-order valence-electron chi connectivity index (χ3n) is 7.69. The molecule has 250 valence electrons. The molecule has 0 fully saturated rings. The highest BCUT2D eigenvalue weighted by molar-refractivity contribution is 7.89. The van der Waals surface area contributed by atoms with Crippen LogP contribution in [-0.2, 0) is 14.8 Å². The van der Waals surface area contributed by atoms with Crippen LogP contribution in [0, 0.1) is 5.92 Å². The largest absolute Gasteiger partial charge is 0.490 e. The Morgan fingerprint density at radius 2 is 1.82 bits per heavy atom. The van der Waals surface area contributed by atoms with Gasteiger partial charge in [-0.1, -0.05) is 18.5 Å². The molecule has 0 saturated carbocycles. The summed E-state index contributed by atoms with van der Waals surface area (Å²) in [6.07, 6.45) is 1.47. The second kappa shape index (κ2) is 16.6. The number of carbonyl (C=O) groups excluding carboxylic acids is 2. The number of aliphatic hydroxyl groups is 1. The molecule has 4 atom stereocenters. The molecule has 0 bridgehead atoms. The Hall–Kier alpha value is -2.90. The van der Waals surface area contributed by atoms with Gasteiger partial charge in [-0.05, 0) is 89.4 Å². The van der Waals surface area contributed by atoms with E-state index in [1.807, 2.05) is 27.7 Å². The van der Waals surface area contributed by atoms with Gasteiger partial charge in [0, 0.05) is 49.4 Å². The summed E-state index contributed by atoms with van der Waals surface area (Å²) in [5, 5.41) is 16.1. The zero-order chi connectivity index (χ0) is 33.3. The maximum atomic E-state index is 14.2. The Bertz CT molecular complexity index is 1390. The van der Waals surface area contributed by atoms with Gasteiger partial charge in [0.15, 0.2) is 0 Å². The van der Waals surface area contributed by atoms with Crippen LogP contribution in [0.15, 0.2) is 47.4 Å². The van der Waals surface area contributed by atoms with E-state index >= 15 is 0 Å². The van der Waals surface area contributed by atoms with Crippen molar-refractivity contribution in [3.63, 3.8) is 0 Å². The zero-order valence-corrected chi connectivity index (χ0v) is 28.5. The van der Waals surface area contributed by atoms with Crippen LogP contribution in [0.25, 0.3) is 0 Å². The van der Waals surface area contributed by atoms with Gasteiger partial charge in [-0.25, -0.2) is 13.2 Å². The lowest BCUT2D eigenvalue weighted by atomic mass is 10.0. The molecule has 3 amide bonds. The summed E-state index contributed by atoms with van der Waals surface area (Å²) < 4.78 is 40.5. The fraction of sp³-hybridized carbons (Fsp3) is 0.562. The molecule has 0 aromatic heterocycles. The molecule has 0 unspecified atom stereocenters. The molecule has 3 N–H and O–H groups in total. The number of sulfonamides is 1. The predicted octanol–water partition coefficient (Wildman–Crippen LogP) is 4.99. The molecule has 0 aliphatic carbocycles. The molecule has 11 nitrogen and oxygen atoms in total. The third kappa shape index (κ3) is 10.3. The number of carbonyl (C=O) groups is 2. The summed E-state index contributed by atoms with van der Waals surface area (Å²) in [6.45, 7) is 9.59. The Morgan fingerprint density at radius 1 is 1.13 bits per heavy atom. The van der Waals surface area contributed by atoms with Gasteiger partial charge in [0.1, 0.15) is 5.75 Å². The van der Waals surface area contributed by atoms with E-state index in [4.69, 9.17) is 21.1 Å². The molecule has 1 aliphatic heterocycles. The van der Waals surface area contributed by atoms with Crippen molar-refractivity contribution in [1.29, 1.82) is 0 Å². The number of likely N-dealkylation sites (N-methyl/N-ethyl adjacent to an activating group) is 1. The lowest BCUT2D eigenvalue weighted by molar-refractivity contribution is -0.00833. The number of urea groups is 1. The van der Waals surface area contributed by atoms with Crippen LogP contribution in [0.3, 0.4) is 0 Å². The fourth-order valence-electron chi connectivity index (χ4n) is 5.03. The van der Waals surface area contributed by atoms with Gasteiger partial charge in [-0.2, -0.15) is 4.31 Å². The number of halogens is 1. The summed E-state index contributed by atoms with van der Waals surface area (Å²) in [7, 11) is -2.33. The van der Waals surface area contributed by atoms with E-state index < -0.39 is 34.1 Å². The first-order chi connectivity index (χ1) is 21.2. The first-order valence-corrected chi connectivity index (χ1v) is 17.2. The van der Waals surface area contributed by atoms with Crippen molar-refractivity contribution in [2.75, 3.05) is 38.7 Å². The monoisotopic (exact) mass is 666 g/mol. The standard InChI is InChI=1S/C32H47ClN4O7S/c1-21(2)34-32(40)35-26-12-15-29-28(17-26)31(39)37(23(4)20-38)18-22(3)30(43-16-8-7-9-24(5)44-29)19-36(6)45(41,42)27-13-10-25(33)11-14-27/h10-15,17,21-24,30,38H,7-9,16,18-20H2,1-6H3,(H2,34,35,40)/t22-,23-,24+,30+/m0/s1. The van der Waals surface area contributed by atoms with Crippen LogP contribution >= 0.6 is 11.6 Å². The minimum absolute atomic E-state index is 0.0524. The van der Waals surface area contributed by atoms with Crippen LogP contribution in [0.1, 0.15) is 64.2 Å². The molecule has 0 saturated heterocycles. The molecular formula is C32H47ClN4O7S. The summed E-state index contributed by atoms with van der Waals surface area (Å²) in [4.78, 5) is 28.3. The van der Waals surface area contributed by atoms with E-state index in [2.05, 4.69) is 10.6 Å². The minimum atomic E-state index is -3.84. The predicted molar refractivity (Wildman–Crippen MR) is 175 cm³/mol. The second-order valence-corrected chi connectivity index (χ2v) is 14.5. The van der Waals surface area contributed by atoms with Crippen LogP contribution < -0.4 is 15.4 Å². The molecule has 45 heavy (non-hydrogen) atoms. The van der Waals surface area contributed by atoms with Crippen molar-refractivity contribution in [2.45, 2.75) is 83.1 Å². The molecular weight excluding hydrogens is 620 g/mol. The van der Waals surface area contributed by atoms with Gasteiger partial charge in [0.25, 0.3) is 5.91 Å². The number of fused-ring (bicyclic) bond motifs is 1. The molecule has 1 aliphatic rings. The quantitative estimate of drug-likeness (QED) is 0.361. The van der Waals surface area contributed by atoms with Crippen molar-refractivity contribution in [2.24, 2.45) is 5.92 Å². The van der Waals surface area contributed by atoms with E-state index in [0.29, 0.717) is 29.5 Å². The first kappa shape index (κ1) is 36.6. The number of nitrogens with one attached hydrogen (secondary N) is 2. The topological polar surface area (TPSA) is 138 Å². The van der Waals surface area contributed by atoms with Crippen LogP contribution in [0.5, 0.6) is 5.75 Å². The number of amides is 3. The van der Waals surface area contributed by atoms with E-state index in [1.54, 1.807) is 30.0 Å². The molecule has 0 spiro atoms. The average Bonchev–Trinajstić information content (AvgIpc) is 2.98. The number of benzene rings is 2. The van der Waals surface area contributed by atoms with Gasteiger partial charge in [-0.15, -0.1) is 0 Å². The Kier molecular flexibility index (Phi) is 13.5. The molecule has 0 radical (unpaired) electrons. The number of aliphatic hydroxyl groups excluding tert-OH is 1. The highest BCUT2D eigenvalue weighted by atomic mass is 35.5. The summed E-state index contributed by atoms with van der Waals surface area (Å²) in [5.74, 6) is -0.338. The Morgan fingerprint density at radius 3 is 2.47 bits per heavy atom. The number of hydrogen-bond acceptors (Lipinski definition) is 7. The van der Waals surface area contributed by atoms with Crippen LogP contribution in [-0.4, -0.2) is 92.3 Å². The van der Waals surface area contributed by atoms with Gasteiger partial charge in [0.05, 0.1) is 35.3 Å². The second-order valence-electron chi connectivity index (χ2n) is 12.0. The van der Waals surface area contributed by atoms with Gasteiger partial charge >= 0.3 is 6.03 Å². The van der Waals surface area contributed by atoms with E-state index in [1.165, 1.54) is 35.6 Å². The SMILES string of the molecule is CC(C)NC(=O)Nc1ccc2c(c1)C(=O)N([C@@H](C)CO)C[C@H](C)[C@@H](CN(C)S(=O)(=O)c1ccc(Cl)cc1)OCCCC[C@@H](C)O2. The Labute approximate surface area is 272 Å². The number of ether oxygens (including phenoxy) is 2. The van der Waals surface area contributed by atoms with E-state index in [0.717, 1.165) is 12.8 Å². The highest BCUT2D eigenvalue weighted by Crippen LogP contribution is 2.29. The summed E-state index contributed by atoms with van der Waals surface area (Å²) >= 11 is 5.97. The number of rotatable bonds is 8. The van der Waals surface area contributed by atoms with Gasteiger partial charge in [0.2, 0.25) is 10.0 Å². The molecule has 2 aromatic carbocycles. The number of hydrogen-bond donors (Lipinski definition) is 3. The number of nitrogens with zero attached hydrogens (tertiary/aromatic N) is 2. The van der Waals surface area contributed by atoms with Crippen molar-refractivity contribution in [3.05, 3.63) is 53.1 Å². The van der Waals surface area contributed by atoms with Crippen molar-refractivity contribution < 1.29 is 32.6 Å². The maximum absolute atomic E-state index is 14.2. The van der Waals surface area contributed by atoms with Crippen molar-refractivity contribution >= 4 is 39.2 Å². The lowest BCUT2D eigenvalue weighted by Gasteiger charge is -2.35. The molecule has 1 heterocycles. The van der Waals surface area contributed by atoms with Crippen LogP contribution in [0.2, 0.25) is 5.02 Å².